The van der Waals surface area contributed by atoms with E-state index in [4.69, 9.17) is 32.7 Å². The molecule has 1 aliphatic carbocycles. The first kappa shape index (κ1) is 24.0. The van der Waals surface area contributed by atoms with Crippen LogP contribution in [0.5, 0.6) is 11.5 Å². The molecule has 0 unspecified atom stereocenters. The van der Waals surface area contributed by atoms with Crippen molar-refractivity contribution in [3.63, 3.8) is 0 Å². The van der Waals surface area contributed by atoms with E-state index >= 15 is 0 Å². The van der Waals surface area contributed by atoms with Crippen molar-refractivity contribution in [2.24, 2.45) is 5.92 Å². The van der Waals surface area contributed by atoms with Crippen LogP contribution in [0.1, 0.15) is 45.4 Å². The number of allylic oxidation sites excluding steroid dienone is 2. The van der Waals surface area contributed by atoms with E-state index in [1.54, 1.807) is 31.4 Å². The molecule has 0 saturated carbocycles. The molecular formula is C27H22BrCl2NO4. The molecule has 1 aliphatic heterocycles. The van der Waals surface area contributed by atoms with E-state index in [0.29, 0.717) is 27.1 Å². The molecular weight excluding hydrogens is 553 g/mol. The molecule has 3 aromatic rings. The number of methoxy groups -OCH3 is 1. The summed E-state index contributed by atoms with van der Waals surface area (Å²) in [7, 11) is 1.62. The van der Waals surface area contributed by atoms with Crippen molar-refractivity contribution in [3.05, 3.63) is 97.5 Å². The van der Waals surface area contributed by atoms with Gasteiger partial charge in [0, 0.05) is 27.2 Å². The number of carboxylic acid groups (broad SMARTS) is 1. The molecule has 8 heteroatoms. The van der Waals surface area contributed by atoms with Gasteiger partial charge in [0.25, 0.3) is 0 Å². The van der Waals surface area contributed by atoms with E-state index in [-0.39, 0.29) is 24.5 Å². The molecule has 0 spiro atoms. The third-order valence-corrected chi connectivity index (χ3v) is 7.78. The van der Waals surface area contributed by atoms with E-state index in [1.165, 1.54) is 0 Å². The van der Waals surface area contributed by atoms with E-state index < -0.39 is 5.97 Å². The van der Waals surface area contributed by atoms with E-state index in [1.807, 2.05) is 24.3 Å². The van der Waals surface area contributed by atoms with Crippen LogP contribution in [0.15, 0.2) is 65.2 Å². The first-order chi connectivity index (χ1) is 16.9. The van der Waals surface area contributed by atoms with Gasteiger partial charge in [-0.05, 0) is 81.9 Å². The fourth-order valence-corrected chi connectivity index (χ4v) is 5.94. The fraction of sp³-hybridized carbons (Fsp3) is 0.222. The van der Waals surface area contributed by atoms with Crippen LogP contribution < -0.4 is 14.8 Å². The molecule has 1 heterocycles. The molecule has 0 radical (unpaired) electrons. The standard InChI is InChI=1S/C27H22BrCl2NO4/c1-34-24-11-16(10-21(28)26(24)35-13-15-5-7-17(29)12-22(15)30)25-19-4-2-3-18(19)20-9-14(27(32)33)6-8-23(20)31-25/h2-3,5-12,18-19,25,31H,4,13H2,1H3,(H,32,33)/t18-,19+,25+/m1/s1. The summed E-state index contributed by atoms with van der Waals surface area (Å²) in [6, 6.07) is 14.6. The lowest BCUT2D eigenvalue weighted by atomic mass is 9.76. The highest BCUT2D eigenvalue weighted by atomic mass is 79.9. The molecule has 180 valence electrons. The van der Waals surface area contributed by atoms with Crippen LogP contribution in [0.25, 0.3) is 0 Å². The Kier molecular flexibility index (Phi) is 6.71. The number of halogens is 3. The van der Waals surface area contributed by atoms with Crippen LogP contribution in [-0.2, 0) is 6.61 Å². The number of benzene rings is 3. The molecule has 3 aromatic carbocycles. The Bertz CT molecular complexity index is 1340. The molecule has 0 amide bonds. The summed E-state index contributed by atoms with van der Waals surface area (Å²) in [5.74, 6) is 0.671. The van der Waals surface area contributed by atoms with Gasteiger partial charge in [0.2, 0.25) is 0 Å². The lowest BCUT2D eigenvalue weighted by Crippen LogP contribution is -2.29. The number of carbonyl (C=O) groups is 1. The molecule has 2 aliphatic rings. The summed E-state index contributed by atoms with van der Waals surface area (Å²) >= 11 is 16.0. The largest absolute Gasteiger partial charge is 0.493 e. The molecule has 0 bridgehead atoms. The van der Waals surface area contributed by atoms with Crippen LogP contribution in [0.4, 0.5) is 5.69 Å². The minimum atomic E-state index is -0.919. The Balaban J connectivity index is 1.45. The highest BCUT2D eigenvalue weighted by Crippen LogP contribution is 2.51. The highest BCUT2D eigenvalue weighted by Gasteiger charge is 2.38. The fourth-order valence-electron chi connectivity index (χ4n) is 4.91. The normalized spacial score (nSPS) is 20.1. The quantitative estimate of drug-likeness (QED) is 0.293. The van der Waals surface area contributed by atoms with E-state index in [9.17, 15) is 9.90 Å². The summed E-state index contributed by atoms with van der Waals surface area (Å²) in [4.78, 5) is 11.5. The Morgan fingerprint density at radius 1 is 1.17 bits per heavy atom. The second kappa shape index (κ2) is 9.76. The molecule has 0 saturated heterocycles. The van der Waals surface area contributed by atoms with Crippen LogP contribution in [0.2, 0.25) is 10.0 Å². The third-order valence-electron chi connectivity index (χ3n) is 6.61. The van der Waals surface area contributed by atoms with Gasteiger partial charge in [0.05, 0.1) is 23.2 Å². The van der Waals surface area contributed by atoms with Gasteiger partial charge in [0.15, 0.2) is 11.5 Å². The van der Waals surface area contributed by atoms with Crippen LogP contribution >= 0.6 is 39.1 Å². The number of hydrogen-bond donors (Lipinski definition) is 2. The predicted octanol–water partition coefficient (Wildman–Crippen LogP) is 7.87. The lowest BCUT2D eigenvalue weighted by molar-refractivity contribution is 0.0696. The van der Waals surface area contributed by atoms with Gasteiger partial charge in [-0.25, -0.2) is 4.79 Å². The van der Waals surface area contributed by atoms with Gasteiger partial charge in [-0.1, -0.05) is 41.4 Å². The molecule has 35 heavy (non-hydrogen) atoms. The first-order valence-corrected chi connectivity index (χ1v) is 12.6. The van der Waals surface area contributed by atoms with Gasteiger partial charge in [0.1, 0.15) is 6.61 Å². The maximum absolute atomic E-state index is 11.5. The average molecular weight is 575 g/mol. The van der Waals surface area contributed by atoms with Crippen LogP contribution in [-0.4, -0.2) is 18.2 Å². The van der Waals surface area contributed by atoms with Crippen molar-refractivity contribution in [2.75, 3.05) is 12.4 Å². The predicted molar refractivity (Wildman–Crippen MR) is 141 cm³/mol. The van der Waals surface area contributed by atoms with Crippen molar-refractivity contribution in [1.82, 2.24) is 0 Å². The van der Waals surface area contributed by atoms with Crippen molar-refractivity contribution in [1.29, 1.82) is 0 Å². The minimum absolute atomic E-state index is 0.0168. The molecule has 3 atom stereocenters. The zero-order valence-electron chi connectivity index (χ0n) is 18.7. The van der Waals surface area contributed by atoms with E-state index in [2.05, 4.69) is 33.4 Å². The molecule has 0 fully saturated rings. The van der Waals surface area contributed by atoms with Gasteiger partial charge >= 0.3 is 5.97 Å². The van der Waals surface area contributed by atoms with Crippen molar-refractivity contribution >= 4 is 50.8 Å². The number of anilines is 1. The van der Waals surface area contributed by atoms with Crippen molar-refractivity contribution < 1.29 is 19.4 Å². The Morgan fingerprint density at radius 3 is 2.74 bits per heavy atom. The topological polar surface area (TPSA) is 67.8 Å². The van der Waals surface area contributed by atoms with Gasteiger partial charge in [-0.3, -0.25) is 0 Å². The number of carboxylic acids is 1. The van der Waals surface area contributed by atoms with E-state index in [0.717, 1.165) is 33.3 Å². The molecule has 5 nitrogen and oxygen atoms in total. The summed E-state index contributed by atoms with van der Waals surface area (Å²) in [6.07, 6.45) is 5.25. The third kappa shape index (κ3) is 4.63. The van der Waals surface area contributed by atoms with Gasteiger partial charge < -0.3 is 19.9 Å². The van der Waals surface area contributed by atoms with Gasteiger partial charge in [-0.2, -0.15) is 0 Å². The number of rotatable bonds is 6. The number of hydrogen-bond acceptors (Lipinski definition) is 4. The average Bonchev–Trinajstić information content (AvgIpc) is 3.33. The first-order valence-electron chi connectivity index (χ1n) is 11.1. The number of fused-ring (bicyclic) bond motifs is 3. The maximum Gasteiger partial charge on any atom is 0.335 e. The number of nitrogens with one attached hydrogen (secondary N) is 1. The second-order valence-corrected chi connectivity index (χ2v) is 10.3. The summed E-state index contributed by atoms with van der Waals surface area (Å²) < 4.78 is 12.6. The van der Waals surface area contributed by atoms with Gasteiger partial charge in [-0.15, -0.1) is 0 Å². The maximum atomic E-state index is 11.5. The smallest absolute Gasteiger partial charge is 0.335 e. The second-order valence-electron chi connectivity index (χ2n) is 8.64. The van der Waals surface area contributed by atoms with Crippen molar-refractivity contribution in [3.8, 4) is 11.5 Å². The SMILES string of the molecule is COc1cc([C@@H]2Nc3ccc(C(=O)O)cc3[C@@H]3C=CC[C@@H]32)cc(Br)c1OCc1ccc(Cl)cc1Cl. The van der Waals surface area contributed by atoms with Crippen LogP contribution in [0, 0.1) is 5.92 Å². The monoisotopic (exact) mass is 573 g/mol. The molecule has 0 aromatic heterocycles. The zero-order chi connectivity index (χ0) is 24.7. The Morgan fingerprint density at radius 2 is 2.00 bits per heavy atom. The summed E-state index contributed by atoms with van der Waals surface area (Å²) in [5, 5.41) is 14.2. The van der Waals surface area contributed by atoms with Crippen molar-refractivity contribution in [2.45, 2.75) is 25.0 Å². The van der Waals surface area contributed by atoms with Crippen LogP contribution in [0.3, 0.4) is 0 Å². The number of aromatic carboxylic acids is 1. The zero-order valence-corrected chi connectivity index (χ0v) is 21.8. The highest BCUT2D eigenvalue weighted by molar-refractivity contribution is 9.10. The minimum Gasteiger partial charge on any atom is -0.493 e. The molecule has 5 rings (SSSR count). The Hall–Kier alpha value is -2.67. The lowest BCUT2D eigenvalue weighted by Gasteiger charge is -2.38. The summed E-state index contributed by atoms with van der Waals surface area (Å²) in [6.45, 7) is 0.264. The summed E-state index contributed by atoms with van der Waals surface area (Å²) in [5.41, 5.74) is 4.14. The molecule has 2 N–H and O–H groups in total. The number of ether oxygens (including phenoxy) is 2. The Labute approximate surface area is 221 Å².